The molecule has 0 aromatic heterocycles. The number of carbonyl (C=O) groups excluding carboxylic acids is 3. The van der Waals surface area contributed by atoms with Crippen LogP contribution in [0.1, 0.15) is 50.3 Å². The van der Waals surface area contributed by atoms with Gasteiger partial charge in [0.15, 0.2) is 5.17 Å². The summed E-state index contributed by atoms with van der Waals surface area (Å²) in [6.45, 7) is 6.92. The van der Waals surface area contributed by atoms with Crippen molar-refractivity contribution in [2.24, 2.45) is 10.9 Å². The number of ether oxygens (including phenoxy) is 2. The summed E-state index contributed by atoms with van der Waals surface area (Å²) in [5.74, 6) is -1.02. The fourth-order valence-electron chi connectivity index (χ4n) is 4.85. The number of allylic oxidation sites excluding steroid dienone is 1. The quantitative estimate of drug-likeness (QED) is 0.550. The molecule has 3 heterocycles. The lowest BCUT2D eigenvalue weighted by molar-refractivity contribution is -0.151. The van der Waals surface area contributed by atoms with Crippen LogP contribution in [-0.4, -0.2) is 59.6 Å². The van der Waals surface area contributed by atoms with Crippen molar-refractivity contribution in [2.45, 2.75) is 46.1 Å². The number of likely N-dealkylation sites (tertiary alicyclic amines) is 1. The number of aliphatic imine (C=N–C) groups is 1. The Balaban J connectivity index is 1.61. The van der Waals surface area contributed by atoms with Gasteiger partial charge in [-0.2, -0.15) is 0 Å². The Kier molecular flexibility index (Phi) is 7.64. The highest BCUT2D eigenvalue weighted by molar-refractivity contribution is 8.16. The molecule has 9 heteroatoms. The normalized spacial score (nSPS) is 21.8. The minimum atomic E-state index is -0.446. The molecule has 1 aromatic rings. The van der Waals surface area contributed by atoms with Gasteiger partial charge in [-0.3, -0.25) is 9.59 Å². The van der Waals surface area contributed by atoms with Gasteiger partial charge in [-0.1, -0.05) is 36.0 Å². The number of rotatable bonds is 6. The zero-order valence-electron chi connectivity index (χ0n) is 20.6. The molecule has 0 N–H and O–H groups in total. The van der Waals surface area contributed by atoms with Crippen molar-refractivity contribution >= 4 is 34.8 Å². The number of hydrogen-bond acceptors (Lipinski definition) is 8. The maximum Gasteiger partial charge on any atom is 0.338 e. The first-order valence-corrected chi connectivity index (χ1v) is 12.8. The highest BCUT2D eigenvalue weighted by Gasteiger charge is 2.42. The molecule has 1 aromatic carbocycles. The number of amides is 1. The van der Waals surface area contributed by atoms with Crippen molar-refractivity contribution < 1.29 is 23.9 Å². The third kappa shape index (κ3) is 5.00. The van der Waals surface area contributed by atoms with E-state index in [2.05, 4.69) is 4.99 Å². The van der Waals surface area contributed by atoms with Gasteiger partial charge in [0.1, 0.15) is 0 Å². The van der Waals surface area contributed by atoms with Gasteiger partial charge in [-0.05, 0) is 50.1 Å². The maximum atomic E-state index is 13.4. The van der Waals surface area contributed by atoms with E-state index in [0.717, 1.165) is 34.8 Å². The Hall–Kier alpha value is -3.07. The lowest BCUT2D eigenvalue weighted by atomic mass is 9.91. The van der Waals surface area contributed by atoms with Crippen molar-refractivity contribution in [3.05, 3.63) is 57.8 Å². The second kappa shape index (κ2) is 10.7. The molecule has 4 rings (SSSR count). The zero-order valence-corrected chi connectivity index (χ0v) is 21.4. The van der Waals surface area contributed by atoms with Gasteiger partial charge in [0.05, 0.1) is 43.4 Å². The monoisotopic (exact) mass is 497 g/mol. The minimum Gasteiger partial charge on any atom is -0.466 e. The fourth-order valence-corrected chi connectivity index (χ4v) is 5.82. The second-order valence-electron chi connectivity index (χ2n) is 8.85. The summed E-state index contributed by atoms with van der Waals surface area (Å²) in [5.41, 5.74) is 3.84. The van der Waals surface area contributed by atoms with E-state index in [4.69, 9.17) is 9.47 Å². The van der Waals surface area contributed by atoms with Crippen LogP contribution in [0, 0.1) is 12.8 Å². The van der Waals surface area contributed by atoms with Crippen LogP contribution in [0.2, 0.25) is 0 Å². The Morgan fingerprint density at radius 3 is 2.69 bits per heavy atom. The van der Waals surface area contributed by atoms with Crippen molar-refractivity contribution in [3.63, 3.8) is 0 Å². The summed E-state index contributed by atoms with van der Waals surface area (Å²) in [6.07, 6.45) is 1.64. The molecule has 2 atom stereocenters. The standard InChI is InChI=1S/C26H31N3O5S/c1-5-34-24(31)18-10-8-12-28(14-18)21(30)13-19-15-35-26-27-17(3)22(25(32)33-4)23(29(19)26)20-11-7-6-9-16(20)2/h6-7,9,11,15,18,23H,5,8,10,12-14H2,1-4H3/t18-,23+/m1/s1. The number of amidine groups is 1. The van der Waals surface area contributed by atoms with Crippen LogP contribution in [0.4, 0.5) is 0 Å². The van der Waals surface area contributed by atoms with Crippen LogP contribution in [0.15, 0.2) is 51.6 Å². The molecule has 186 valence electrons. The molecule has 1 amide bonds. The van der Waals surface area contributed by atoms with E-state index in [1.54, 1.807) is 11.8 Å². The van der Waals surface area contributed by atoms with Gasteiger partial charge in [0.2, 0.25) is 5.91 Å². The SMILES string of the molecule is CCOC(=O)[C@@H]1CCCN(C(=O)CC2=CSC3=NC(C)=C(C(=O)OC)[C@H](c4ccccc4C)N23)C1. The van der Waals surface area contributed by atoms with Crippen LogP contribution in [0.5, 0.6) is 0 Å². The van der Waals surface area contributed by atoms with Gasteiger partial charge >= 0.3 is 11.9 Å². The molecule has 0 aliphatic carbocycles. The predicted octanol–water partition coefficient (Wildman–Crippen LogP) is 3.93. The minimum absolute atomic E-state index is 0.0541. The van der Waals surface area contributed by atoms with Gasteiger partial charge in [-0.25, -0.2) is 9.79 Å². The fraction of sp³-hybridized carbons (Fsp3) is 0.462. The van der Waals surface area contributed by atoms with Gasteiger partial charge < -0.3 is 19.3 Å². The molecule has 0 bridgehead atoms. The summed E-state index contributed by atoms with van der Waals surface area (Å²) in [4.78, 5) is 46.9. The molecule has 1 fully saturated rings. The topological polar surface area (TPSA) is 88.5 Å². The van der Waals surface area contributed by atoms with Crippen molar-refractivity contribution in [1.82, 2.24) is 9.80 Å². The molecule has 0 unspecified atom stereocenters. The van der Waals surface area contributed by atoms with Crippen LogP contribution < -0.4 is 0 Å². The number of methoxy groups -OCH3 is 1. The Morgan fingerprint density at radius 2 is 1.97 bits per heavy atom. The largest absolute Gasteiger partial charge is 0.466 e. The third-order valence-corrected chi connectivity index (χ3v) is 7.50. The number of aryl methyl sites for hydroxylation is 1. The van der Waals surface area contributed by atoms with Gasteiger partial charge in [0, 0.05) is 18.8 Å². The Morgan fingerprint density at radius 1 is 1.20 bits per heavy atom. The number of hydrogen-bond donors (Lipinski definition) is 0. The highest BCUT2D eigenvalue weighted by atomic mass is 32.2. The van der Waals surface area contributed by atoms with Crippen LogP contribution >= 0.6 is 11.8 Å². The number of benzene rings is 1. The number of esters is 2. The van der Waals surface area contributed by atoms with E-state index in [1.165, 1.54) is 18.9 Å². The highest BCUT2D eigenvalue weighted by Crippen LogP contribution is 2.45. The van der Waals surface area contributed by atoms with Crippen LogP contribution in [0.25, 0.3) is 0 Å². The molecule has 3 aliphatic rings. The van der Waals surface area contributed by atoms with Crippen molar-refractivity contribution in [1.29, 1.82) is 0 Å². The van der Waals surface area contributed by atoms with E-state index >= 15 is 0 Å². The molecule has 0 saturated carbocycles. The van der Waals surface area contributed by atoms with Crippen molar-refractivity contribution in [2.75, 3.05) is 26.8 Å². The molecule has 35 heavy (non-hydrogen) atoms. The Bertz CT molecular complexity index is 1130. The first-order valence-electron chi connectivity index (χ1n) is 11.9. The lowest BCUT2D eigenvalue weighted by Crippen LogP contribution is -2.44. The van der Waals surface area contributed by atoms with Gasteiger partial charge in [-0.15, -0.1) is 0 Å². The first-order chi connectivity index (χ1) is 16.8. The molecular formula is C26H31N3O5S. The van der Waals surface area contributed by atoms with Gasteiger partial charge in [0.25, 0.3) is 0 Å². The summed E-state index contributed by atoms with van der Waals surface area (Å²) in [7, 11) is 1.37. The predicted molar refractivity (Wildman–Crippen MR) is 134 cm³/mol. The molecule has 1 saturated heterocycles. The molecule has 8 nitrogen and oxygen atoms in total. The van der Waals surface area contributed by atoms with Crippen LogP contribution in [0.3, 0.4) is 0 Å². The second-order valence-corrected chi connectivity index (χ2v) is 9.69. The number of piperidine rings is 1. The first kappa shape index (κ1) is 25.0. The average molecular weight is 498 g/mol. The van der Waals surface area contributed by atoms with Crippen molar-refractivity contribution in [3.8, 4) is 0 Å². The molecule has 0 spiro atoms. The summed E-state index contributed by atoms with van der Waals surface area (Å²) in [5, 5.41) is 2.66. The molecule has 0 radical (unpaired) electrons. The summed E-state index contributed by atoms with van der Waals surface area (Å²) < 4.78 is 10.3. The van der Waals surface area contributed by atoms with Crippen LogP contribution in [-0.2, 0) is 23.9 Å². The summed E-state index contributed by atoms with van der Waals surface area (Å²) in [6, 6.07) is 7.46. The van der Waals surface area contributed by atoms with E-state index in [0.29, 0.717) is 31.0 Å². The third-order valence-electron chi connectivity index (χ3n) is 6.62. The number of thioether (sulfide) groups is 1. The zero-order chi connectivity index (χ0) is 25.1. The molecule has 3 aliphatic heterocycles. The van der Waals surface area contributed by atoms with E-state index in [-0.39, 0.29) is 24.2 Å². The number of fused-ring (bicyclic) bond motifs is 1. The molecular weight excluding hydrogens is 466 g/mol. The van der Waals surface area contributed by atoms with E-state index in [1.807, 2.05) is 48.4 Å². The smallest absolute Gasteiger partial charge is 0.338 e. The lowest BCUT2D eigenvalue weighted by Gasteiger charge is -2.37. The Labute approximate surface area is 210 Å². The number of carbonyl (C=O) groups is 3. The summed E-state index contributed by atoms with van der Waals surface area (Å²) >= 11 is 1.45. The van der Waals surface area contributed by atoms with E-state index < -0.39 is 12.0 Å². The average Bonchev–Trinajstić information content (AvgIpc) is 3.25. The van der Waals surface area contributed by atoms with E-state index in [9.17, 15) is 14.4 Å². The maximum absolute atomic E-state index is 13.4. The number of nitrogens with zero attached hydrogens (tertiary/aromatic N) is 3.